The van der Waals surface area contributed by atoms with Crippen molar-refractivity contribution in [3.8, 4) is 5.75 Å². The van der Waals surface area contributed by atoms with Crippen LogP contribution in [-0.4, -0.2) is 18.7 Å². The number of hydrogen-bond acceptors (Lipinski definition) is 3. The Kier molecular flexibility index (Phi) is 4.73. The van der Waals surface area contributed by atoms with Crippen molar-refractivity contribution in [2.45, 2.75) is 24.9 Å². The summed E-state index contributed by atoms with van der Waals surface area (Å²) in [6, 6.07) is 4.62. The molecule has 0 radical (unpaired) electrons. The number of carbonyl (C=O) groups excluding carboxylic acids is 1. The lowest BCUT2D eigenvalue weighted by molar-refractivity contribution is -0.116. The van der Waals surface area contributed by atoms with Crippen LogP contribution in [0.1, 0.15) is 12.5 Å². The van der Waals surface area contributed by atoms with E-state index in [4.69, 9.17) is 0 Å². The van der Waals surface area contributed by atoms with E-state index in [0.29, 0.717) is 6.42 Å². The molecule has 0 bridgehead atoms. The minimum absolute atomic E-state index is 0.0397. The lowest BCUT2D eigenvalue weighted by Crippen LogP contribution is -2.03. The Morgan fingerprint density at radius 2 is 2.19 bits per heavy atom. The van der Waals surface area contributed by atoms with Gasteiger partial charge in [0.15, 0.2) is 0 Å². The van der Waals surface area contributed by atoms with E-state index in [1.165, 1.54) is 30.8 Å². The van der Waals surface area contributed by atoms with E-state index in [1.807, 2.05) is 6.26 Å². The van der Waals surface area contributed by atoms with Crippen molar-refractivity contribution in [2.24, 2.45) is 0 Å². The quantitative estimate of drug-likeness (QED) is 0.746. The third-order valence-electron chi connectivity index (χ3n) is 1.92. The number of hydrogen-bond donors (Lipinski definition) is 0. The standard InChI is InChI=1S/C11H12F2O2S/c1-7(14)5-8-3-4-9(15-11(12)13)6-10(8)16-2/h3-4,6,11H,5H2,1-2H3. The van der Waals surface area contributed by atoms with E-state index >= 15 is 0 Å². The highest BCUT2D eigenvalue weighted by atomic mass is 32.2. The summed E-state index contributed by atoms with van der Waals surface area (Å²) >= 11 is 1.40. The van der Waals surface area contributed by atoms with Crippen LogP contribution < -0.4 is 4.74 Å². The average molecular weight is 246 g/mol. The molecular weight excluding hydrogens is 234 g/mol. The second-order valence-electron chi connectivity index (χ2n) is 3.23. The van der Waals surface area contributed by atoms with Crippen molar-refractivity contribution in [3.63, 3.8) is 0 Å². The van der Waals surface area contributed by atoms with Gasteiger partial charge in [0.05, 0.1) is 0 Å². The Morgan fingerprint density at radius 3 is 2.69 bits per heavy atom. The third kappa shape index (κ3) is 3.81. The first-order valence-electron chi connectivity index (χ1n) is 4.64. The first-order valence-corrected chi connectivity index (χ1v) is 5.86. The molecule has 0 saturated heterocycles. The Bertz CT molecular complexity index is 380. The molecule has 1 rings (SSSR count). The number of alkyl halides is 2. The molecule has 16 heavy (non-hydrogen) atoms. The molecule has 0 aromatic heterocycles. The van der Waals surface area contributed by atoms with Crippen LogP contribution in [0.25, 0.3) is 0 Å². The third-order valence-corrected chi connectivity index (χ3v) is 2.74. The molecule has 1 aromatic carbocycles. The molecule has 0 amide bonds. The molecule has 0 saturated carbocycles. The Morgan fingerprint density at radius 1 is 1.50 bits per heavy atom. The molecule has 0 N–H and O–H groups in total. The minimum atomic E-state index is -2.83. The second-order valence-corrected chi connectivity index (χ2v) is 4.08. The smallest absolute Gasteiger partial charge is 0.387 e. The van der Waals surface area contributed by atoms with Crippen LogP contribution in [0.4, 0.5) is 8.78 Å². The highest BCUT2D eigenvalue weighted by molar-refractivity contribution is 7.98. The van der Waals surface area contributed by atoms with Crippen molar-refractivity contribution >= 4 is 17.5 Å². The number of thioether (sulfide) groups is 1. The van der Waals surface area contributed by atoms with Gasteiger partial charge in [0, 0.05) is 11.3 Å². The molecule has 0 heterocycles. The summed E-state index contributed by atoms with van der Waals surface area (Å²) in [6.07, 6.45) is 2.14. The van der Waals surface area contributed by atoms with Gasteiger partial charge in [-0.25, -0.2) is 0 Å². The summed E-state index contributed by atoms with van der Waals surface area (Å²) < 4.78 is 28.3. The molecule has 0 fully saturated rings. The van der Waals surface area contributed by atoms with Gasteiger partial charge < -0.3 is 4.74 Å². The minimum Gasteiger partial charge on any atom is -0.435 e. The molecule has 0 atom stereocenters. The molecule has 0 spiro atoms. The van der Waals surface area contributed by atoms with Crippen molar-refractivity contribution in [2.75, 3.05) is 6.26 Å². The molecule has 0 aliphatic rings. The van der Waals surface area contributed by atoms with Gasteiger partial charge in [-0.1, -0.05) is 6.07 Å². The van der Waals surface area contributed by atoms with Crippen LogP contribution in [0, 0.1) is 0 Å². The Balaban J connectivity index is 2.92. The molecule has 0 aliphatic carbocycles. The zero-order valence-corrected chi connectivity index (χ0v) is 9.81. The monoisotopic (exact) mass is 246 g/mol. The van der Waals surface area contributed by atoms with Crippen LogP contribution in [-0.2, 0) is 11.2 Å². The number of carbonyl (C=O) groups is 1. The maximum absolute atomic E-state index is 12.0. The summed E-state index contributed by atoms with van der Waals surface area (Å²) in [5.74, 6) is 0.157. The van der Waals surface area contributed by atoms with Gasteiger partial charge in [0.25, 0.3) is 0 Å². The van der Waals surface area contributed by atoms with Crippen molar-refractivity contribution in [3.05, 3.63) is 23.8 Å². The second kappa shape index (κ2) is 5.84. The highest BCUT2D eigenvalue weighted by Crippen LogP contribution is 2.27. The van der Waals surface area contributed by atoms with Crippen LogP contribution in [0.5, 0.6) is 5.75 Å². The van der Waals surface area contributed by atoms with Crippen LogP contribution in [0.3, 0.4) is 0 Å². The number of Topliss-reactive ketones (excluding diaryl/α,β-unsaturated/α-hetero) is 1. The zero-order valence-electron chi connectivity index (χ0n) is 9.00. The summed E-state index contributed by atoms with van der Waals surface area (Å²) in [4.78, 5) is 11.8. The highest BCUT2D eigenvalue weighted by Gasteiger charge is 2.09. The number of ketones is 1. The lowest BCUT2D eigenvalue weighted by Gasteiger charge is -2.09. The predicted octanol–water partition coefficient (Wildman–Crippen LogP) is 3.14. The van der Waals surface area contributed by atoms with E-state index in [0.717, 1.165) is 10.5 Å². The van der Waals surface area contributed by atoms with Gasteiger partial charge >= 0.3 is 6.61 Å². The van der Waals surface area contributed by atoms with Gasteiger partial charge in [-0.2, -0.15) is 8.78 Å². The average Bonchev–Trinajstić information content (AvgIpc) is 2.18. The number of rotatable bonds is 5. The van der Waals surface area contributed by atoms with E-state index in [-0.39, 0.29) is 11.5 Å². The van der Waals surface area contributed by atoms with Gasteiger partial charge in [-0.05, 0) is 30.9 Å². The molecular formula is C11H12F2O2S. The van der Waals surface area contributed by atoms with Gasteiger partial charge in [0.2, 0.25) is 0 Å². The number of benzene rings is 1. The fourth-order valence-corrected chi connectivity index (χ4v) is 1.95. The molecule has 5 heteroatoms. The van der Waals surface area contributed by atoms with E-state index < -0.39 is 6.61 Å². The van der Waals surface area contributed by atoms with Crippen LogP contribution in [0.2, 0.25) is 0 Å². The maximum Gasteiger partial charge on any atom is 0.387 e. The largest absolute Gasteiger partial charge is 0.435 e. The number of ether oxygens (including phenoxy) is 1. The van der Waals surface area contributed by atoms with Crippen molar-refractivity contribution < 1.29 is 18.3 Å². The molecule has 1 aromatic rings. The van der Waals surface area contributed by atoms with E-state index in [2.05, 4.69) is 4.74 Å². The Hall–Kier alpha value is -1.10. The zero-order chi connectivity index (χ0) is 12.1. The summed E-state index contributed by atoms with van der Waals surface area (Å²) in [7, 11) is 0. The lowest BCUT2D eigenvalue weighted by atomic mass is 10.1. The fourth-order valence-electron chi connectivity index (χ4n) is 1.32. The van der Waals surface area contributed by atoms with Crippen LogP contribution >= 0.6 is 11.8 Å². The predicted molar refractivity (Wildman–Crippen MR) is 59.2 cm³/mol. The maximum atomic E-state index is 12.0. The van der Waals surface area contributed by atoms with E-state index in [1.54, 1.807) is 6.07 Å². The molecule has 88 valence electrons. The van der Waals surface area contributed by atoms with Gasteiger partial charge in [0.1, 0.15) is 11.5 Å². The van der Waals surface area contributed by atoms with Crippen molar-refractivity contribution in [1.82, 2.24) is 0 Å². The first kappa shape index (κ1) is 13.0. The fraction of sp³-hybridized carbons (Fsp3) is 0.364. The van der Waals surface area contributed by atoms with Crippen LogP contribution in [0.15, 0.2) is 23.1 Å². The Labute approximate surface area is 97.0 Å². The van der Waals surface area contributed by atoms with Gasteiger partial charge in [-0.3, -0.25) is 4.79 Å². The number of halogens is 2. The normalized spacial score (nSPS) is 10.6. The summed E-state index contributed by atoms with van der Waals surface area (Å²) in [5, 5.41) is 0. The first-order chi connectivity index (χ1) is 7.52. The summed E-state index contributed by atoms with van der Waals surface area (Å²) in [5.41, 5.74) is 0.835. The SMILES string of the molecule is CSc1cc(OC(F)F)ccc1CC(C)=O. The summed E-state index contributed by atoms with van der Waals surface area (Å²) in [6.45, 7) is -1.33. The van der Waals surface area contributed by atoms with Crippen molar-refractivity contribution in [1.29, 1.82) is 0 Å². The molecule has 2 nitrogen and oxygen atoms in total. The molecule has 0 unspecified atom stereocenters. The van der Waals surface area contributed by atoms with E-state index in [9.17, 15) is 13.6 Å². The topological polar surface area (TPSA) is 26.3 Å². The molecule has 0 aliphatic heterocycles. The van der Waals surface area contributed by atoms with Gasteiger partial charge in [-0.15, -0.1) is 11.8 Å².